The Morgan fingerprint density at radius 2 is 2.00 bits per heavy atom. The van der Waals surface area contributed by atoms with Crippen LogP contribution in [0.1, 0.15) is 36.3 Å². The first-order chi connectivity index (χ1) is 14.0. The Morgan fingerprint density at radius 1 is 1.30 bits per heavy atom. The van der Waals surface area contributed by atoms with Crippen LogP contribution in [0.25, 0.3) is 11.3 Å². The second-order valence-electron chi connectivity index (χ2n) is 7.84. The van der Waals surface area contributed by atoms with E-state index in [9.17, 15) is 18.8 Å². The molecule has 0 saturated carbocycles. The molecule has 0 bridgehead atoms. The Morgan fingerprint density at radius 3 is 2.60 bits per heavy atom. The molecule has 0 spiro atoms. The van der Waals surface area contributed by atoms with E-state index in [-0.39, 0.29) is 35.4 Å². The maximum absolute atomic E-state index is 13.5. The normalized spacial score (nSPS) is 13.7. The number of hydrogen-bond acceptors (Lipinski definition) is 4. The van der Waals surface area contributed by atoms with Crippen LogP contribution >= 0.6 is 11.6 Å². The summed E-state index contributed by atoms with van der Waals surface area (Å²) in [6, 6.07) is 4.04. The van der Waals surface area contributed by atoms with Crippen molar-refractivity contribution >= 4 is 29.3 Å². The summed E-state index contributed by atoms with van der Waals surface area (Å²) >= 11 is 5.87. The number of carbonyl (C=O) groups is 3. The molecule has 3 amide bonds. The first-order valence-electron chi connectivity index (χ1n) is 9.40. The summed E-state index contributed by atoms with van der Waals surface area (Å²) in [4.78, 5) is 38.6. The molecule has 0 unspecified atom stereocenters. The number of halogens is 2. The van der Waals surface area contributed by atoms with Crippen molar-refractivity contribution in [1.82, 2.24) is 20.0 Å². The summed E-state index contributed by atoms with van der Waals surface area (Å²) in [7, 11) is 1.52. The summed E-state index contributed by atoms with van der Waals surface area (Å²) in [6.07, 6.45) is 0.0210. The SMILES string of the molecule is CNC(=O)C(C)(C)CC(=O)N1CCn2nc(-c3ccc(F)c(Cl)c3)c(C(N)=O)c2C1. The van der Waals surface area contributed by atoms with Crippen LogP contribution < -0.4 is 11.1 Å². The molecule has 0 fully saturated rings. The Bertz CT molecular complexity index is 1030. The van der Waals surface area contributed by atoms with Gasteiger partial charge in [0.1, 0.15) is 11.5 Å². The first kappa shape index (κ1) is 21.8. The smallest absolute Gasteiger partial charge is 0.252 e. The van der Waals surface area contributed by atoms with Crippen LogP contribution in [0.2, 0.25) is 5.02 Å². The van der Waals surface area contributed by atoms with E-state index in [1.807, 2.05) is 0 Å². The Hall–Kier alpha value is -2.94. The highest BCUT2D eigenvalue weighted by Gasteiger charge is 2.34. The molecule has 0 aliphatic carbocycles. The van der Waals surface area contributed by atoms with Crippen LogP contribution in [-0.4, -0.2) is 46.0 Å². The van der Waals surface area contributed by atoms with E-state index < -0.39 is 17.1 Å². The third kappa shape index (κ3) is 4.02. The number of nitrogens with one attached hydrogen (secondary N) is 1. The number of hydrogen-bond donors (Lipinski definition) is 2. The van der Waals surface area contributed by atoms with Crippen LogP contribution in [0, 0.1) is 11.2 Å². The summed E-state index contributed by atoms with van der Waals surface area (Å²) < 4.78 is 15.2. The maximum atomic E-state index is 13.5. The molecule has 8 nitrogen and oxygen atoms in total. The lowest BCUT2D eigenvalue weighted by Gasteiger charge is -2.31. The molecule has 3 N–H and O–H groups in total. The number of primary amides is 1. The minimum Gasteiger partial charge on any atom is -0.365 e. The number of carbonyl (C=O) groups excluding carboxylic acids is 3. The lowest BCUT2D eigenvalue weighted by molar-refractivity contribution is -0.140. The van der Waals surface area contributed by atoms with Crippen molar-refractivity contribution < 1.29 is 18.8 Å². The average Bonchev–Trinajstić information content (AvgIpc) is 3.07. The van der Waals surface area contributed by atoms with Crippen molar-refractivity contribution in [2.45, 2.75) is 33.4 Å². The van der Waals surface area contributed by atoms with Gasteiger partial charge in [-0.3, -0.25) is 19.1 Å². The van der Waals surface area contributed by atoms with Gasteiger partial charge in [0.2, 0.25) is 11.8 Å². The first-order valence-corrected chi connectivity index (χ1v) is 9.78. The van der Waals surface area contributed by atoms with Crippen LogP contribution in [0.5, 0.6) is 0 Å². The molecule has 1 aliphatic rings. The van der Waals surface area contributed by atoms with E-state index in [0.29, 0.717) is 30.0 Å². The van der Waals surface area contributed by atoms with E-state index in [0.717, 1.165) is 0 Å². The third-order valence-electron chi connectivity index (χ3n) is 5.21. The van der Waals surface area contributed by atoms with E-state index >= 15 is 0 Å². The average molecular weight is 436 g/mol. The van der Waals surface area contributed by atoms with Gasteiger partial charge in [-0.1, -0.05) is 25.4 Å². The van der Waals surface area contributed by atoms with Gasteiger partial charge in [-0.05, 0) is 18.2 Å². The van der Waals surface area contributed by atoms with Gasteiger partial charge in [0.05, 0.1) is 34.8 Å². The number of amides is 3. The van der Waals surface area contributed by atoms with Gasteiger partial charge in [-0.15, -0.1) is 0 Å². The van der Waals surface area contributed by atoms with E-state index in [2.05, 4.69) is 10.4 Å². The van der Waals surface area contributed by atoms with Crippen molar-refractivity contribution in [3.63, 3.8) is 0 Å². The molecule has 3 rings (SSSR count). The van der Waals surface area contributed by atoms with Crippen molar-refractivity contribution in [1.29, 1.82) is 0 Å². The minimum absolute atomic E-state index is 0.0210. The number of nitrogens with two attached hydrogens (primary N) is 1. The molecule has 1 aromatic heterocycles. The zero-order valence-electron chi connectivity index (χ0n) is 17.0. The summed E-state index contributed by atoms with van der Waals surface area (Å²) in [5.41, 5.74) is 6.15. The number of nitrogens with zero attached hydrogens (tertiary/aromatic N) is 3. The van der Waals surface area contributed by atoms with Gasteiger partial charge >= 0.3 is 0 Å². The van der Waals surface area contributed by atoms with Crippen LogP contribution in [0.4, 0.5) is 4.39 Å². The maximum Gasteiger partial charge on any atom is 0.252 e. The number of benzene rings is 1. The lowest BCUT2D eigenvalue weighted by Crippen LogP contribution is -2.43. The molecule has 2 aromatic rings. The third-order valence-corrected chi connectivity index (χ3v) is 5.50. The standard InChI is InChI=1S/C20H23ClFN5O3/c1-20(2,19(30)24-3)9-15(28)26-6-7-27-14(10-26)16(18(23)29)17(25-27)11-4-5-13(22)12(21)8-11/h4-5,8H,6-7,9-10H2,1-3H3,(H2,23,29)(H,24,30). The summed E-state index contributed by atoms with van der Waals surface area (Å²) in [5, 5.41) is 6.92. The molecule has 1 aliphatic heterocycles. The Labute approximate surface area is 178 Å². The van der Waals surface area contributed by atoms with Gasteiger partial charge in [0.25, 0.3) is 5.91 Å². The molecule has 10 heteroatoms. The van der Waals surface area contributed by atoms with Crippen LogP contribution in [0.15, 0.2) is 18.2 Å². The topological polar surface area (TPSA) is 110 Å². The fraction of sp³-hybridized carbons (Fsp3) is 0.400. The monoisotopic (exact) mass is 435 g/mol. The largest absolute Gasteiger partial charge is 0.365 e. The van der Waals surface area contributed by atoms with Crippen LogP contribution in [0.3, 0.4) is 0 Å². The van der Waals surface area contributed by atoms with E-state index in [1.54, 1.807) is 23.4 Å². The second kappa shape index (κ2) is 8.06. The molecule has 30 heavy (non-hydrogen) atoms. The van der Waals surface area contributed by atoms with E-state index in [1.165, 1.54) is 25.2 Å². The van der Waals surface area contributed by atoms with Crippen molar-refractivity contribution in [3.8, 4) is 11.3 Å². The zero-order chi connectivity index (χ0) is 22.2. The fourth-order valence-corrected chi connectivity index (χ4v) is 3.72. The van der Waals surface area contributed by atoms with Crippen molar-refractivity contribution in [2.24, 2.45) is 11.1 Å². The van der Waals surface area contributed by atoms with Gasteiger partial charge in [-0.2, -0.15) is 5.10 Å². The molecular weight excluding hydrogens is 413 g/mol. The summed E-state index contributed by atoms with van der Waals surface area (Å²) in [6.45, 7) is 4.25. The zero-order valence-corrected chi connectivity index (χ0v) is 17.7. The van der Waals surface area contributed by atoms with Crippen molar-refractivity contribution in [3.05, 3.63) is 40.3 Å². The van der Waals surface area contributed by atoms with Gasteiger partial charge in [-0.25, -0.2) is 4.39 Å². The van der Waals surface area contributed by atoms with Crippen LogP contribution in [-0.2, 0) is 22.7 Å². The highest BCUT2D eigenvalue weighted by Crippen LogP contribution is 2.31. The summed E-state index contributed by atoms with van der Waals surface area (Å²) in [5.74, 6) is -1.73. The molecule has 1 aromatic carbocycles. The highest BCUT2D eigenvalue weighted by molar-refractivity contribution is 6.31. The van der Waals surface area contributed by atoms with E-state index in [4.69, 9.17) is 17.3 Å². The van der Waals surface area contributed by atoms with Gasteiger partial charge in [0.15, 0.2) is 0 Å². The molecule has 0 radical (unpaired) electrons. The molecule has 2 heterocycles. The predicted molar refractivity (Wildman–Crippen MR) is 109 cm³/mol. The number of fused-ring (bicyclic) bond motifs is 1. The van der Waals surface area contributed by atoms with Gasteiger partial charge < -0.3 is 16.0 Å². The highest BCUT2D eigenvalue weighted by atomic mass is 35.5. The Kier molecular flexibility index (Phi) is 5.85. The number of rotatable bonds is 5. The van der Waals surface area contributed by atoms with Crippen molar-refractivity contribution in [2.75, 3.05) is 13.6 Å². The number of aromatic nitrogens is 2. The molecule has 0 saturated heterocycles. The predicted octanol–water partition coefficient (Wildman–Crippen LogP) is 1.95. The molecule has 0 atom stereocenters. The fourth-order valence-electron chi connectivity index (χ4n) is 3.54. The molecule has 160 valence electrons. The quantitative estimate of drug-likeness (QED) is 0.747. The molecular formula is C20H23ClFN5O3. The van der Waals surface area contributed by atoms with Gasteiger partial charge in [0, 0.05) is 25.6 Å². The minimum atomic E-state index is -0.869. The Balaban J connectivity index is 1.92. The lowest BCUT2D eigenvalue weighted by atomic mass is 9.87. The second-order valence-corrected chi connectivity index (χ2v) is 8.25.